The van der Waals surface area contributed by atoms with Gasteiger partial charge >= 0.3 is 0 Å². The average Bonchev–Trinajstić information content (AvgIpc) is 2.13. The van der Waals surface area contributed by atoms with Crippen molar-refractivity contribution in [2.24, 2.45) is 0 Å². The van der Waals surface area contributed by atoms with E-state index < -0.39 is 0 Å². The Morgan fingerprint density at radius 1 is 1.47 bits per heavy atom. The summed E-state index contributed by atoms with van der Waals surface area (Å²) < 4.78 is 10.3. The monoisotopic (exact) mass is 244 g/mol. The van der Waals surface area contributed by atoms with E-state index >= 15 is 0 Å². The molecule has 1 aromatic carbocycles. The molecule has 0 aromatic heterocycles. The van der Waals surface area contributed by atoms with Gasteiger partial charge in [-0.05, 0) is 24.6 Å². The van der Waals surface area contributed by atoms with E-state index in [9.17, 15) is 0 Å². The van der Waals surface area contributed by atoms with Gasteiger partial charge in [-0.2, -0.15) is 12.6 Å². The Balaban J connectivity index is 2.53. The van der Waals surface area contributed by atoms with E-state index in [-0.39, 0.29) is 4.75 Å². The van der Waals surface area contributed by atoms with Crippen LogP contribution in [0.25, 0.3) is 0 Å². The zero-order valence-corrected chi connectivity index (χ0v) is 10.4. The molecule has 2 nitrogen and oxygen atoms in total. The highest BCUT2D eigenvalue weighted by Gasteiger charge is 2.39. The lowest BCUT2D eigenvalue weighted by atomic mass is 9.93. The molecule has 1 heterocycles. The number of rotatable bonds is 2. The van der Waals surface area contributed by atoms with Gasteiger partial charge in [0.2, 0.25) is 0 Å². The first-order valence-electron chi connectivity index (χ1n) is 4.71. The normalized spacial score (nSPS) is 18.4. The molecule has 1 aliphatic rings. The first-order chi connectivity index (χ1) is 7.07. The van der Waals surface area contributed by atoms with E-state index in [0.717, 1.165) is 16.9 Å². The Hall–Kier alpha value is -0.380. The lowest BCUT2D eigenvalue weighted by Crippen LogP contribution is -2.42. The summed E-state index contributed by atoms with van der Waals surface area (Å²) in [6.45, 7) is 3.18. The smallest absolute Gasteiger partial charge is 0.126 e. The topological polar surface area (TPSA) is 18.5 Å². The third kappa shape index (κ3) is 1.84. The lowest BCUT2D eigenvalue weighted by molar-refractivity contribution is -0.0106. The summed E-state index contributed by atoms with van der Waals surface area (Å²) in [5, 5.41) is 0.712. The maximum atomic E-state index is 6.04. The molecule has 0 saturated carbocycles. The quantitative estimate of drug-likeness (QED) is 0.807. The molecule has 1 aliphatic heterocycles. The van der Waals surface area contributed by atoms with E-state index in [2.05, 4.69) is 12.6 Å². The van der Waals surface area contributed by atoms with Crippen molar-refractivity contribution in [2.75, 3.05) is 20.3 Å². The Bertz CT molecular complexity index is 388. The molecule has 4 heteroatoms. The van der Waals surface area contributed by atoms with Crippen molar-refractivity contribution in [1.82, 2.24) is 0 Å². The van der Waals surface area contributed by atoms with Gasteiger partial charge in [-0.15, -0.1) is 0 Å². The standard InChI is InChI=1S/C11H13ClO2S/c1-7-3-8(12)4-9(10(7)13-2)11(15)5-14-6-11/h3-4,15H,5-6H2,1-2H3. The van der Waals surface area contributed by atoms with Gasteiger partial charge in [0, 0.05) is 10.6 Å². The molecule has 1 fully saturated rings. The average molecular weight is 245 g/mol. The van der Waals surface area contributed by atoms with Gasteiger partial charge < -0.3 is 9.47 Å². The summed E-state index contributed by atoms with van der Waals surface area (Å²) >= 11 is 10.7. The highest BCUT2D eigenvalue weighted by atomic mass is 35.5. The fourth-order valence-corrected chi connectivity index (χ4v) is 2.42. The highest BCUT2D eigenvalue weighted by molar-refractivity contribution is 7.81. The van der Waals surface area contributed by atoms with E-state index in [4.69, 9.17) is 21.1 Å². The fraction of sp³-hybridized carbons (Fsp3) is 0.455. The minimum Gasteiger partial charge on any atom is -0.496 e. The number of aryl methyl sites for hydroxylation is 1. The van der Waals surface area contributed by atoms with Crippen molar-refractivity contribution in [3.63, 3.8) is 0 Å². The van der Waals surface area contributed by atoms with Gasteiger partial charge in [-0.1, -0.05) is 11.6 Å². The molecule has 0 bridgehead atoms. The van der Waals surface area contributed by atoms with Gasteiger partial charge in [-0.3, -0.25) is 0 Å². The zero-order chi connectivity index (χ0) is 11.1. The molecule has 0 spiro atoms. The second-order valence-corrected chi connectivity index (χ2v) is 5.12. The molecule has 82 valence electrons. The van der Waals surface area contributed by atoms with Crippen molar-refractivity contribution in [3.8, 4) is 5.75 Å². The molecule has 0 aliphatic carbocycles. The molecule has 0 unspecified atom stereocenters. The fourth-order valence-electron chi connectivity index (χ4n) is 1.80. The number of benzene rings is 1. The van der Waals surface area contributed by atoms with E-state index in [1.54, 1.807) is 7.11 Å². The van der Waals surface area contributed by atoms with Crippen molar-refractivity contribution < 1.29 is 9.47 Å². The van der Waals surface area contributed by atoms with Gasteiger partial charge in [0.25, 0.3) is 0 Å². The maximum Gasteiger partial charge on any atom is 0.126 e. The molecule has 0 atom stereocenters. The first-order valence-corrected chi connectivity index (χ1v) is 5.54. The second-order valence-electron chi connectivity index (χ2n) is 3.83. The van der Waals surface area contributed by atoms with Gasteiger partial charge in [0.05, 0.1) is 25.1 Å². The third-order valence-corrected chi connectivity index (χ3v) is 3.34. The van der Waals surface area contributed by atoms with Crippen LogP contribution in [0.1, 0.15) is 11.1 Å². The maximum absolute atomic E-state index is 6.04. The summed E-state index contributed by atoms with van der Waals surface area (Å²) in [5.41, 5.74) is 2.05. The van der Waals surface area contributed by atoms with E-state index in [1.807, 2.05) is 19.1 Å². The largest absolute Gasteiger partial charge is 0.496 e. The zero-order valence-electron chi connectivity index (χ0n) is 8.71. The Morgan fingerprint density at radius 2 is 2.13 bits per heavy atom. The molecular weight excluding hydrogens is 232 g/mol. The van der Waals surface area contributed by atoms with Crippen LogP contribution in [0.2, 0.25) is 5.02 Å². The minimum absolute atomic E-state index is 0.249. The molecule has 2 rings (SSSR count). The number of ether oxygens (including phenoxy) is 2. The molecule has 0 radical (unpaired) electrons. The van der Waals surface area contributed by atoms with Crippen LogP contribution in [0.4, 0.5) is 0 Å². The van der Waals surface area contributed by atoms with Crippen LogP contribution in [-0.2, 0) is 9.48 Å². The molecule has 1 saturated heterocycles. The minimum atomic E-state index is -0.249. The van der Waals surface area contributed by atoms with E-state index in [0.29, 0.717) is 18.2 Å². The summed E-state index contributed by atoms with van der Waals surface area (Å²) in [7, 11) is 1.66. The molecule has 15 heavy (non-hydrogen) atoms. The number of methoxy groups -OCH3 is 1. The van der Waals surface area contributed by atoms with Crippen molar-refractivity contribution in [1.29, 1.82) is 0 Å². The summed E-state index contributed by atoms with van der Waals surface area (Å²) in [6.07, 6.45) is 0. The Labute approximate surface area is 99.9 Å². The summed E-state index contributed by atoms with van der Waals surface area (Å²) in [6, 6.07) is 3.80. The summed E-state index contributed by atoms with van der Waals surface area (Å²) in [4.78, 5) is 0. The van der Waals surface area contributed by atoms with Crippen LogP contribution >= 0.6 is 24.2 Å². The molecular formula is C11H13ClO2S. The van der Waals surface area contributed by atoms with Crippen LogP contribution in [0.3, 0.4) is 0 Å². The predicted molar refractivity (Wildman–Crippen MR) is 64.2 cm³/mol. The second kappa shape index (κ2) is 3.89. The van der Waals surface area contributed by atoms with Crippen LogP contribution in [0.5, 0.6) is 5.75 Å². The first kappa shape index (κ1) is 11.1. The van der Waals surface area contributed by atoms with Crippen LogP contribution in [0, 0.1) is 6.92 Å². The van der Waals surface area contributed by atoms with Crippen LogP contribution in [0.15, 0.2) is 12.1 Å². The Kier molecular flexibility index (Phi) is 2.88. The van der Waals surface area contributed by atoms with Gasteiger partial charge in [0.15, 0.2) is 0 Å². The van der Waals surface area contributed by atoms with Crippen LogP contribution in [-0.4, -0.2) is 20.3 Å². The number of hydrogen-bond donors (Lipinski definition) is 1. The number of thiol groups is 1. The van der Waals surface area contributed by atoms with Crippen molar-refractivity contribution in [3.05, 3.63) is 28.3 Å². The highest BCUT2D eigenvalue weighted by Crippen LogP contribution is 2.43. The van der Waals surface area contributed by atoms with Crippen molar-refractivity contribution >= 4 is 24.2 Å². The van der Waals surface area contributed by atoms with Gasteiger partial charge in [0.1, 0.15) is 5.75 Å². The third-order valence-electron chi connectivity index (χ3n) is 2.63. The number of halogens is 1. The van der Waals surface area contributed by atoms with Gasteiger partial charge in [-0.25, -0.2) is 0 Å². The Morgan fingerprint density at radius 3 is 2.60 bits per heavy atom. The SMILES string of the molecule is COc1c(C)cc(Cl)cc1C1(S)COC1. The van der Waals surface area contributed by atoms with Crippen LogP contribution < -0.4 is 4.74 Å². The lowest BCUT2D eigenvalue weighted by Gasteiger charge is -2.38. The molecule has 0 amide bonds. The summed E-state index contributed by atoms with van der Waals surface area (Å²) in [5.74, 6) is 0.859. The molecule has 0 N–H and O–H groups in total. The van der Waals surface area contributed by atoms with E-state index in [1.165, 1.54) is 0 Å². The molecule has 1 aromatic rings. The predicted octanol–water partition coefficient (Wildman–Crippen LogP) is 2.81. The van der Waals surface area contributed by atoms with Crippen molar-refractivity contribution in [2.45, 2.75) is 11.7 Å². The number of hydrogen-bond acceptors (Lipinski definition) is 3.